The molecule has 19 heavy (non-hydrogen) atoms. The molecule has 1 aromatic heterocycles. The minimum atomic E-state index is -1.28. The third kappa shape index (κ3) is 3.45. The Morgan fingerprint density at radius 1 is 1.42 bits per heavy atom. The molecule has 0 aliphatic heterocycles. The van der Waals surface area contributed by atoms with Crippen molar-refractivity contribution < 1.29 is 14.3 Å². The Hall–Kier alpha value is -1.59. The SMILES string of the molecule is O=C(O)c1cc(CSc2ncccc2Cl)ccc1F. The first-order valence-corrected chi connectivity index (χ1v) is 6.69. The summed E-state index contributed by atoms with van der Waals surface area (Å²) < 4.78 is 13.2. The number of hydrogen-bond donors (Lipinski definition) is 1. The summed E-state index contributed by atoms with van der Waals surface area (Å²) in [5, 5.41) is 10.0. The van der Waals surface area contributed by atoms with Gasteiger partial charge in [-0.15, -0.1) is 11.8 Å². The number of carboxylic acids is 1. The molecule has 0 unspecified atom stereocenters. The number of aromatic nitrogens is 1. The number of aromatic carboxylic acids is 1. The maximum absolute atomic E-state index is 13.2. The zero-order chi connectivity index (χ0) is 13.8. The fraction of sp³-hybridized carbons (Fsp3) is 0.0769. The van der Waals surface area contributed by atoms with Crippen molar-refractivity contribution in [3.8, 4) is 0 Å². The number of thioether (sulfide) groups is 1. The molecular weight excluding hydrogens is 289 g/mol. The molecule has 0 amide bonds. The van der Waals surface area contributed by atoms with Crippen LogP contribution in [0.1, 0.15) is 15.9 Å². The van der Waals surface area contributed by atoms with Crippen molar-refractivity contribution in [3.63, 3.8) is 0 Å². The van der Waals surface area contributed by atoms with E-state index in [0.29, 0.717) is 21.4 Å². The molecule has 0 atom stereocenters. The largest absolute Gasteiger partial charge is 0.478 e. The van der Waals surface area contributed by atoms with Crippen LogP contribution in [0.3, 0.4) is 0 Å². The van der Waals surface area contributed by atoms with Crippen molar-refractivity contribution in [1.29, 1.82) is 0 Å². The Kier molecular flexibility index (Phi) is 4.39. The lowest BCUT2D eigenvalue weighted by atomic mass is 10.1. The van der Waals surface area contributed by atoms with Crippen LogP contribution >= 0.6 is 23.4 Å². The third-order valence-electron chi connectivity index (χ3n) is 2.36. The number of benzene rings is 1. The van der Waals surface area contributed by atoms with Crippen LogP contribution in [0.15, 0.2) is 41.6 Å². The maximum Gasteiger partial charge on any atom is 0.338 e. The number of rotatable bonds is 4. The highest BCUT2D eigenvalue weighted by atomic mass is 35.5. The lowest BCUT2D eigenvalue weighted by molar-refractivity contribution is 0.0692. The van der Waals surface area contributed by atoms with Crippen LogP contribution < -0.4 is 0 Å². The molecule has 2 aromatic rings. The van der Waals surface area contributed by atoms with Crippen LogP contribution in [-0.4, -0.2) is 16.1 Å². The molecule has 1 aromatic carbocycles. The average Bonchev–Trinajstić information content (AvgIpc) is 2.39. The van der Waals surface area contributed by atoms with Gasteiger partial charge in [0.25, 0.3) is 0 Å². The number of nitrogens with zero attached hydrogens (tertiary/aromatic N) is 1. The minimum absolute atomic E-state index is 0.329. The summed E-state index contributed by atoms with van der Waals surface area (Å²) in [5.41, 5.74) is 0.371. The number of pyridine rings is 1. The lowest BCUT2D eigenvalue weighted by Gasteiger charge is -2.05. The van der Waals surface area contributed by atoms with Gasteiger partial charge < -0.3 is 5.11 Å². The van der Waals surface area contributed by atoms with Gasteiger partial charge in [0.15, 0.2) is 0 Å². The van der Waals surface area contributed by atoms with Crippen molar-refractivity contribution in [3.05, 3.63) is 58.5 Å². The van der Waals surface area contributed by atoms with Gasteiger partial charge in [-0.2, -0.15) is 0 Å². The molecule has 98 valence electrons. The molecule has 1 N–H and O–H groups in total. The smallest absolute Gasteiger partial charge is 0.338 e. The summed E-state index contributed by atoms with van der Waals surface area (Å²) in [6, 6.07) is 7.48. The molecule has 3 nitrogen and oxygen atoms in total. The van der Waals surface area contributed by atoms with E-state index >= 15 is 0 Å². The quantitative estimate of drug-likeness (QED) is 0.871. The van der Waals surface area contributed by atoms with E-state index in [2.05, 4.69) is 4.98 Å². The van der Waals surface area contributed by atoms with Crippen molar-refractivity contribution >= 4 is 29.3 Å². The number of carboxylic acid groups (broad SMARTS) is 1. The van der Waals surface area contributed by atoms with E-state index in [9.17, 15) is 9.18 Å². The topological polar surface area (TPSA) is 50.2 Å². The molecule has 0 radical (unpaired) electrons. The predicted octanol–water partition coefficient (Wildman–Crippen LogP) is 3.86. The average molecular weight is 298 g/mol. The normalized spacial score (nSPS) is 10.4. The van der Waals surface area contributed by atoms with Crippen LogP contribution in [0, 0.1) is 5.82 Å². The highest BCUT2D eigenvalue weighted by Crippen LogP contribution is 2.27. The van der Waals surface area contributed by atoms with Crippen molar-refractivity contribution in [2.24, 2.45) is 0 Å². The van der Waals surface area contributed by atoms with E-state index in [1.807, 2.05) is 0 Å². The van der Waals surface area contributed by atoms with Gasteiger partial charge in [0, 0.05) is 11.9 Å². The van der Waals surface area contributed by atoms with E-state index in [0.717, 1.165) is 6.07 Å². The first kappa shape index (κ1) is 13.8. The fourth-order valence-electron chi connectivity index (χ4n) is 1.46. The van der Waals surface area contributed by atoms with Gasteiger partial charge in [0.2, 0.25) is 0 Å². The minimum Gasteiger partial charge on any atom is -0.478 e. The number of halogens is 2. The van der Waals surface area contributed by atoms with Gasteiger partial charge in [0.1, 0.15) is 10.8 Å². The molecule has 0 fully saturated rings. The van der Waals surface area contributed by atoms with Crippen LogP contribution in [0.25, 0.3) is 0 Å². The standard InChI is InChI=1S/C13H9ClFNO2S/c14-10-2-1-5-16-12(10)19-7-8-3-4-11(15)9(6-8)13(17)18/h1-6H,7H2,(H,17,18). The van der Waals surface area contributed by atoms with Crippen LogP contribution in [0.5, 0.6) is 0 Å². The summed E-state index contributed by atoms with van der Waals surface area (Å²) in [6.45, 7) is 0. The van der Waals surface area contributed by atoms with Crippen molar-refractivity contribution in [2.45, 2.75) is 10.8 Å². The molecule has 0 bridgehead atoms. The van der Waals surface area contributed by atoms with Gasteiger partial charge in [-0.25, -0.2) is 14.2 Å². The van der Waals surface area contributed by atoms with Crippen molar-refractivity contribution in [2.75, 3.05) is 0 Å². The van der Waals surface area contributed by atoms with Crippen LogP contribution in [0.4, 0.5) is 4.39 Å². The summed E-state index contributed by atoms with van der Waals surface area (Å²) >= 11 is 7.33. The second-order valence-corrected chi connectivity index (χ2v) is 5.07. The molecule has 0 spiro atoms. The molecule has 0 saturated heterocycles. The summed E-state index contributed by atoms with van der Waals surface area (Å²) in [5.74, 6) is -1.55. The monoisotopic (exact) mass is 297 g/mol. The van der Waals surface area contributed by atoms with E-state index < -0.39 is 11.8 Å². The fourth-order valence-corrected chi connectivity index (χ4v) is 2.56. The molecule has 1 heterocycles. The Balaban J connectivity index is 2.14. The van der Waals surface area contributed by atoms with Gasteiger partial charge in [0.05, 0.1) is 10.6 Å². The van der Waals surface area contributed by atoms with E-state index in [-0.39, 0.29) is 5.56 Å². The van der Waals surface area contributed by atoms with Gasteiger partial charge >= 0.3 is 5.97 Å². The first-order valence-electron chi connectivity index (χ1n) is 5.33. The Bertz CT molecular complexity index is 621. The zero-order valence-corrected chi connectivity index (χ0v) is 11.2. The van der Waals surface area contributed by atoms with Gasteiger partial charge in [-0.1, -0.05) is 17.7 Å². The first-order chi connectivity index (χ1) is 9.08. The van der Waals surface area contributed by atoms with Crippen LogP contribution in [-0.2, 0) is 5.75 Å². The molecule has 0 aliphatic carbocycles. The maximum atomic E-state index is 13.2. The van der Waals surface area contributed by atoms with Crippen LogP contribution in [0.2, 0.25) is 5.02 Å². The number of hydrogen-bond acceptors (Lipinski definition) is 3. The lowest BCUT2D eigenvalue weighted by Crippen LogP contribution is -2.01. The van der Waals surface area contributed by atoms with Gasteiger partial charge in [-0.3, -0.25) is 0 Å². The van der Waals surface area contributed by atoms with Crippen molar-refractivity contribution in [1.82, 2.24) is 4.98 Å². The second kappa shape index (κ2) is 6.04. The summed E-state index contributed by atoms with van der Waals surface area (Å²) in [4.78, 5) is 14.9. The molecule has 6 heteroatoms. The summed E-state index contributed by atoms with van der Waals surface area (Å²) in [7, 11) is 0. The highest BCUT2D eigenvalue weighted by Gasteiger charge is 2.11. The van der Waals surface area contributed by atoms with E-state index in [1.165, 1.54) is 17.8 Å². The molecular formula is C13H9ClFNO2S. The Labute approximate surface area is 118 Å². The second-order valence-electron chi connectivity index (χ2n) is 3.70. The van der Waals surface area contributed by atoms with E-state index in [4.69, 9.17) is 16.7 Å². The number of carbonyl (C=O) groups is 1. The van der Waals surface area contributed by atoms with E-state index in [1.54, 1.807) is 24.4 Å². The molecule has 0 saturated carbocycles. The third-order valence-corrected chi connectivity index (χ3v) is 3.85. The highest BCUT2D eigenvalue weighted by molar-refractivity contribution is 7.98. The van der Waals surface area contributed by atoms with Gasteiger partial charge in [-0.05, 0) is 29.8 Å². The Morgan fingerprint density at radius 2 is 2.21 bits per heavy atom. The molecule has 2 rings (SSSR count). The zero-order valence-electron chi connectivity index (χ0n) is 9.64. The molecule has 0 aliphatic rings. The summed E-state index contributed by atoms with van der Waals surface area (Å²) in [6.07, 6.45) is 1.63. The Morgan fingerprint density at radius 3 is 2.89 bits per heavy atom. The predicted molar refractivity (Wildman–Crippen MR) is 72.2 cm³/mol.